The van der Waals surface area contributed by atoms with Crippen molar-refractivity contribution < 1.29 is 9.53 Å². The lowest BCUT2D eigenvalue weighted by Crippen LogP contribution is -2.13. The van der Waals surface area contributed by atoms with E-state index in [2.05, 4.69) is 30.1 Å². The molecule has 0 spiro atoms. The molecular formula is C6H6N6O2S. The molecular weight excluding hydrogens is 220 g/mol. The van der Waals surface area contributed by atoms with Crippen LogP contribution >= 0.6 is 11.5 Å². The molecule has 0 atom stereocenters. The molecule has 2 rings (SSSR count). The highest BCUT2D eigenvalue weighted by Crippen LogP contribution is 2.06. The number of nitrogens with zero attached hydrogens (tertiary/aromatic N) is 4. The molecule has 78 valence electrons. The van der Waals surface area contributed by atoms with Gasteiger partial charge in [-0.2, -0.15) is 4.98 Å². The summed E-state index contributed by atoms with van der Waals surface area (Å²) in [7, 11) is 1.43. The summed E-state index contributed by atoms with van der Waals surface area (Å²) < 4.78 is 8.30. The van der Waals surface area contributed by atoms with Crippen LogP contribution in [0.4, 0.5) is 5.95 Å². The van der Waals surface area contributed by atoms with Crippen molar-refractivity contribution in [3.63, 3.8) is 0 Å². The smallest absolute Gasteiger partial charge is 0.336 e. The number of H-pyrrole nitrogens is 1. The molecule has 0 saturated carbocycles. The van der Waals surface area contributed by atoms with E-state index >= 15 is 0 Å². The van der Waals surface area contributed by atoms with E-state index in [1.165, 1.54) is 12.5 Å². The number of carbonyl (C=O) groups is 1. The number of aromatic amines is 1. The van der Waals surface area contributed by atoms with Crippen molar-refractivity contribution in [2.75, 3.05) is 12.4 Å². The predicted molar refractivity (Wildman–Crippen MR) is 50.8 cm³/mol. The lowest BCUT2D eigenvalue weighted by Gasteiger charge is -1.95. The van der Waals surface area contributed by atoms with Gasteiger partial charge < -0.3 is 4.74 Å². The summed E-state index contributed by atoms with van der Waals surface area (Å²) in [6, 6.07) is 0.154. The molecule has 8 nitrogen and oxygen atoms in total. The summed E-state index contributed by atoms with van der Waals surface area (Å²) in [4.78, 5) is 15.3. The lowest BCUT2D eigenvalue weighted by molar-refractivity contribution is 0.102. The van der Waals surface area contributed by atoms with Crippen molar-refractivity contribution in [2.24, 2.45) is 0 Å². The fourth-order valence-corrected chi connectivity index (χ4v) is 1.26. The van der Waals surface area contributed by atoms with Gasteiger partial charge in [0.05, 0.1) is 7.11 Å². The second-order valence-electron chi connectivity index (χ2n) is 2.41. The zero-order valence-corrected chi connectivity index (χ0v) is 8.41. The molecule has 0 fully saturated rings. The molecule has 2 aromatic heterocycles. The maximum Gasteiger partial charge on any atom is 0.336 e. The van der Waals surface area contributed by atoms with Gasteiger partial charge in [0.1, 0.15) is 0 Å². The average molecular weight is 226 g/mol. The fourth-order valence-electron chi connectivity index (χ4n) is 0.829. The molecule has 0 bridgehead atoms. The molecule has 0 radical (unpaired) electrons. The summed E-state index contributed by atoms with van der Waals surface area (Å²) in [5, 5.41) is 13.7. The highest BCUT2D eigenvalue weighted by atomic mass is 32.1. The molecule has 0 aliphatic carbocycles. The quantitative estimate of drug-likeness (QED) is 0.758. The fraction of sp³-hybridized carbons (Fsp3) is 0.167. The lowest BCUT2D eigenvalue weighted by atomic mass is 10.5. The third kappa shape index (κ3) is 2.07. The molecule has 0 aromatic carbocycles. The standard InChI is InChI=1S/C6H6N6O2S/c1-14-6-8-5(10-11-6)7-4(13)3-2-15-12-9-3/h2H,1H3,(H2,7,8,10,11,13). The molecule has 0 aliphatic heterocycles. The second-order valence-corrected chi connectivity index (χ2v) is 3.02. The topological polar surface area (TPSA) is 106 Å². The summed E-state index contributed by atoms with van der Waals surface area (Å²) in [6.45, 7) is 0. The summed E-state index contributed by atoms with van der Waals surface area (Å²) in [5.74, 6) is -0.201. The number of ether oxygens (including phenoxy) is 1. The first-order chi connectivity index (χ1) is 7.29. The molecule has 0 aliphatic rings. The van der Waals surface area contributed by atoms with Crippen LogP contribution in [0.15, 0.2) is 5.38 Å². The Morgan fingerprint density at radius 2 is 2.53 bits per heavy atom. The van der Waals surface area contributed by atoms with Crippen LogP contribution in [0.25, 0.3) is 0 Å². The number of aromatic nitrogens is 5. The van der Waals surface area contributed by atoms with E-state index in [1.807, 2.05) is 0 Å². The molecule has 2 N–H and O–H groups in total. The van der Waals surface area contributed by atoms with E-state index in [4.69, 9.17) is 4.74 Å². The number of anilines is 1. The Hall–Kier alpha value is -2.03. The van der Waals surface area contributed by atoms with Crippen LogP contribution in [0, 0.1) is 0 Å². The van der Waals surface area contributed by atoms with Crippen LogP contribution < -0.4 is 10.1 Å². The Morgan fingerprint density at radius 3 is 3.13 bits per heavy atom. The Bertz CT molecular complexity index is 452. The Kier molecular flexibility index (Phi) is 2.54. The number of amides is 1. The van der Waals surface area contributed by atoms with E-state index in [-0.39, 0.29) is 17.7 Å². The zero-order valence-electron chi connectivity index (χ0n) is 7.59. The molecule has 0 saturated heterocycles. The normalized spacial score (nSPS) is 9.93. The maximum absolute atomic E-state index is 11.4. The molecule has 15 heavy (non-hydrogen) atoms. The van der Waals surface area contributed by atoms with Crippen LogP contribution in [0.2, 0.25) is 0 Å². The molecule has 2 heterocycles. The van der Waals surface area contributed by atoms with E-state index in [9.17, 15) is 4.79 Å². The van der Waals surface area contributed by atoms with Gasteiger partial charge in [0.15, 0.2) is 5.69 Å². The van der Waals surface area contributed by atoms with Gasteiger partial charge in [-0.05, 0) is 11.5 Å². The second kappa shape index (κ2) is 4.00. The minimum atomic E-state index is -0.400. The SMILES string of the molecule is COc1n[nH]c(NC(=O)c2csnn2)n1. The first-order valence-corrected chi connectivity index (χ1v) is 4.68. The molecule has 2 aromatic rings. The van der Waals surface area contributed by atoms with Gasteiger partial charge in [0, 0.05) is 5.38 Å². The first kappa shape index (κ1) is 9.52. The number of hydrogen-bond donors (Lipinski definition) is 2. The van der Waals surface area contributed by atoms with Gasteiger partial charge in [-0.25, -0.2) is 5.10 Å². The van der Waals surface area contributed by atoms with Crippen LogP contribution in [0.3, 0.4) is 0 Å². The van der Waals surface area contributed by atoms with Gasteiger partial charge in [-0.15, -0.1) is 10.2 Å². The third-order valence-corrected chi connectivity index (χ3v) is 1.98. The molecule has 9 heteroatoms. The minimum absolute atomic E-state index is 0.154. The van der Waals surface area contributed by atoms with Gasteiger partial charge in [0.25, 0.3) is 5.91 Å². The number of nitrogens with one attached hydrogen (secondary N) is 2. The average Bonchev–Trinajstić information content (AvgIpc) is 2.87. The van der Waals surface area contributed by atoms with Gasteiger partial charge in [-0.1, -0.05) is 4.49 Å². The summed E-state index contributed by atoms with van der Waals surface area (Å²) >= 11 is 1.10. The highest BCUT2D eigenvalue weighted by Gasteiger charge is 2.11. The first-order valence-electron chi connectivity index (χ1n) is 3.84. The van der Waals surface area contributed by atoms with Crippen LogP contribution in [-0.2, 0) is 0 Å². The third-order valence-electron chi connectivity index (χ3n) is 1.47. The van der Waals surface area contributed by atoms with Crippen molar-refractivity contribution in [1.29, 1.82) is 0 Å². The number of rotatable bonds is 3. The van der Waals surface area contributed by atoms with Gasteiger partial charge in [0.2, 0.25) is 5.95 Å². The van der Waals surface area contributed by atoms with Crippen molar-refractivity contribution in [2.45, 2.75) is 0 Å². The predicted octanol–water partition coefficient (Wildman–Crippen LogP) is -0.0829. The van der Waals surface area contributed by atoms with Crippen LogP contribution in [0.5, 0.6) is 6.01 Å². The van der Waals surface area contributed by atoms with E-state index in [0.29, 0.717) is 0 Å². The summed E-state index contributed by atoms with van der Waals surface area (Å²) in [5.41, 5.74) is 0.232. The van der Waals surface area contributed by atoms with Crippen molar-refractivity contribution in [3.8, 4) is 6.01 Å². The van der Waals surface area contributed by atoms with Gasteiger partial charge in [-0.3, -0.25) is 10.1 Å². The zero-order chi connectivity index (χ0) is 10.7. The van der Waals surface area contributed by atoms with E-state index < -0.39 is 5.91 Å². The minimum Gasteiger partial charge on any atom is -0.466 e. The van der Waals surface area contributed by atoms with E-state index in [0.717, 1.165) is 11.5 Å². The highest BCUT2D eigenvalue weighted by molar-refractivity contribution is 7.03. The van der Waals surface area contributed by atoms with Crippen LogP contribution in [-0.4, -0.2) is 37.8 Å². The number of methoxy groups -OCH3 is 1. The molecule has 1 amide bonds. The van der Waals surface area contributed by atoms with Crippen molar-refractivity contribution >= 4 is 23.4 Å². The number of carbonyl (C=O) groups excluding carboxylic acids is 1. The monoisotopic (exact) mass is 226 g/mol. The Balaban J connectivity index is 2.06. The van der Waals surface area contributed by atoms with Crippen molar-refractivity contribution in [3.05, 3.63) is 11.1 Å². The summed E-state index contributed by atoms with van der Waals surface area (Å²) in [6.07, 6.45) is 0. The van der Waals surface area contributed by atoms with Gasteiger partial charge >= 0.3 is 6.01 Å². The maximum atomic E-state index is 11.4. The van der Waals surface area contributed by atoms with Crippen LogP contribution in [0.1, 0.15) is 10.5 Å². The van der Waals surface area contributed by atoms with Crippen molar-refractivity contribution in [1.82, 2.24) is 24.8 Å². The Labute approximate surface area is 87.8 Å². The van der Waals surface area contributed by atoms with E-state index in [1.54, 1.807) is 0 Å². The molecule has 0 unspecified atom stereocenters. The number of hydrogen-bond acceptors (Lipinski definition) is 7. The largest absolute Gasteiger partial charge is 0.466 e. The Morgan fingerprint density at radius 1 is 1.67 bits per heavy atom.